The highest BCUT2D eigenvalue weighted by Gasteiger charge is 2.28. The van der Waals surface area contributed by atoms with Gasteiger partial charge < -0.3 is 5.32 Å². The summed E-state index contributed by atoms with van der Waals surface area (Å²) in [5, 5.41) is 12.6. The third kappa shape index (κ3) is 2.41. The van der Waals surface area contributed by atoms with Crippen LogP contribution in [0.4, 0.5) is 5.82 Å². The van der Waals surface area contributed by atoms with Crippen LogP contribution in [0.1, 0.15) is 32.0 Å². The van der Waals surface area contributed by atoms with Gasteiger partial charge in [0.1, 0.15) is 5.82 Å². The summed E-state index contributed by atoms with van der Waals surface area (Å²) in [7, 11) is 0. The molecule has 3 rings (SSSR count). The topological polar surface area (TPSA) is 55.1 Å². The molecule has 6 heteroatoms. The zero-order valence-electron chi connectivity index (χ0n) is 11.3. The maximum Gasteiger partial charge on any atom is 0.203 e. The Kier molecular flexibility index (Phi) is 3.59. The molecule has 2 atom stereocenters. The number of rotatable bonds is 4. The van der Waals surface area contributed by atoms with Crippen molar-refractivity contribution in [3.8, 4) is 0 Å². The van der Waals surface area contributed by atoms with Gasteiger partial charge in [-0.1, -0.05) is 13.3 Å². The third-order valence-electron chi connectivity index (χ3n) is 3.65. The van der Waals surface area contributed by atoms with E-state index in [1.54, 1.807) is 0 Å². The largest absolute Gasteiger partial charge is 0.363 e. The molecule has 1 saturated carbocycles. The predicted octanol–water partition coefficient (Wildman–Crippen LogP) is 2.52. The zero-order valence-corrected chi connectivity index (χ0v) is 12.2. The molecule has 2 heterocycles. The van der Waals surface area contributed by atoms with Gasteiger partial charge in [-0.15, -0.1) is 10.2 Å². The van der Waals surface area contributed by atoms with Gasteiger partial charge in [0.15, 0.2) is 5.82 Å². The average molecular weight is 277 g/mol. The van der Waals surface area contributed by atoms with Crippen molar-refractivity contribution in [1.82, 2.24) is 19.6 Å². The molecule has 102 valence electrons. The van der Waals surface area contributed by atoms with Crippen LogP contribution in [0.2, 0.25) is 0 Å². The van der Waals surface area contributed by atoms with Crippen LogP contribution >= 0.6 is 11.8 Å². The lowest BCUT2D eigenvalue weighted by Gasteiger charge is -2.20. The quantitative estimate of drug-likeness (QED) is 0.930. The number of aryl methyl sites for hydroxylation is 1. The van der Waals surface area contributed by atoms with E-state index >= 15 is 0 Å². The van der Waals surface area contributed by atoms with Crippen molar-refractivity contribution in [3.63, 3.8) is 0 Å². The molecular weight excluding hydrogens is 258 g/mol. The van der Waals surface area contributed by atoms with Gasteiger partial charge >= 0.3 is 0 Å². The highest BCUT2D eigenvalue weighted by Crippen LogP contribution is 2.32. The monoisotopic (exact) mass is 277 g/mol. The maximum atomic E-state index is 4.43. The highest BCUT2D eigenvalue weighted by molar-refractivity contribution is 7.99. The predicted molar refractivity (Wildman–Crippen MR) is 78.7 cm³/mol. The Balaban J connectivity index is 1.85. The molecule has 0 spiro atoms. The summed E-state index contributed by atoms with van der Waals surface area (Å²) in [6.45, 7) is 4.18. The Hall–Kier alpha value is -1.30. The third-order valence-corrected chi connectivity index (χ3v) is 4.98. The van der Waals surface area contributed by atoms with Crippen LogP contribution in [0.15, 0.2) is 12.4 Å². The van der Waals surface area contributed by atoms with Gasteiger partial charge in [0, 0.05) is 23.7 Å². The lowest BCUT2D eigenvalue weighted by Crippen LogP contribution is -2.27. The highest BCUT2D eigenvalue weighted by atomic mass is 32.2. The van der Waals surface area contributed by atoms with E-state index in [-0.39, 0.29) is 0 Å². The van der Waals surface area contributed by atoms with Crippen LogP contribution in [0, 0.1) is 6.92 Å². The average Bonchev–Trinajstić information content (AvgIpc) is 2.99. The summed E-state index contributed by atoms with van der Waals surface area (Å²) in [6, 6.07) is 0.501. The molecule has 1 aliphatic rings. The number of nitrogens with one attached hydrogen (secondary N) is 1. The Bertz CT molecular complexity index is 567. The second kappa shape index (κ2) is 5.36. The fraction of sp³-hybridized carbons (Fsp3) is 0.615. The number of anilines is 1. The lowest BCUT2D eigenvalue weighted by atomic mass is 10.2. The molecule has 0 aromatic carbocycles. The van der Waals surface area contributed by atoms with Crippen molar-refractivity contribution < 1.29 is 0 Å². The first-order valence-electron chi connectivity index (χ1n) is 6.84. The fourth-order valence-electron chi connectivity index (χ4n) is 2.72. The van der Waals surface area contributed by atoms with Crippen molar-refractivity contribution in [1.29, 1.82) is 0 Å². The number of hydrogen-bond acceptors (Lipinski definition) is 5. The van der Waals surface area contributed by atoms with Gasteiger partial charge in [-0.2, -0.15) is 11.8 Å². The first-order chi connectivity index (χ1) is 9.29. The van der Waals surface area contributed by atoms with E-state index in [4.69, 9.17) is 0 Å². The van der Waals surface area contributed by atoms with Gasteiger partial charge in [-0.25, -0.2) is 4.98 Å². The Morgan fingerprint density at radius 3 is 3.16 bits per heavy atom. The number of fused-ring (bicyclic) bond motifs is 1. The SMILES string of the molecule is CCSC1CCCC1Nc1nccn2c(C)nnc12. The second-order valence-corrected chi connectivity index (χ2v) is 6.41. The van der Waals surface area contributed by atoms with Gasteiger partial charge in [0.2, 0.25) is 5.65 Å². The molecule has 1 fully saturated rings. The number of hydrogen-bond donors (Lipinski definition) is 1. The molecule has 0 amide bonds. The Morgan fingerprint density at radius 1 is 1.42 bits per heavy atom. The van der Waals surface area contributed by atoms with Gasteiger partial charge in [0.05, 0.1) is 0 Å². The summed E-state index contributed by atoms with van der Waals surface area (Å²) in [6.07, 6.45) is 7.52. The molecule has 0 radical (unpaired) electrons. The second-order valence-electron chi connectivity index (χ2n) is 4.89. The van der Waals surface area contributed by atoms with Crippen LogP contribution in [0.3, 0.4) is 0 Å². The molecule has 2 unspecified atom stereocenters. The van der Waals surface area contributed by atoms with E-state index in [0.29, 0.717) is 11.3 Å². The molecule has 0 bridgehead atoms. The number of nitrogens with zero attached hydrogens (tertiary/aromatic N) is 4. The summed E-state index contributed by atoms with van der Waals surface area (Å²) in [5.74, 6) is 2.92. The molecule has 19 heavy (non-hydrogen) atoms. The molecule has 0 saturated heterocycles. The van der Waals surface area contributed by atoms with E-state index in [9.17, 15) is 0 Å². The molecule has 1 aliphatic carbocycles. The summed E-state index contributed by atoms with van der Waals surface area (Å²) < 4.78 is 1.98. The Labute approximate surface area is 117 Å². The minimum atomic E-state index is 0.501. The number of thioether (sulfide) groups is 1. The lowest BCUT2D eigenvalue weighted by molar-refractivity contribution is 0.762. The van der Waals surface area contributed by atoms with E-state index in [1.165, 1.54) is 25.0 Å². The van der Waals surface area contributed by atoms with Gasteiger partial charge in [-0.3, -0.25) is 4.40 Å². The molecule has 1 N–H and O–H groups in total. The van der Waals surface area contributed by atoms with Crippen molar-refractivity contribution >= 4 is 23.2 Å². The summed E-state index contributed by atoms with van der Waals surface area (Å²) in [4.78, 5) is 4.43. The van der Waals surface area contributed by atoms with Crippen LogP contribution in [-0.2, 0) is 0 Å². The number of aromatic nitrogens is 4. The van der Waals surface area contributed by atoms with Crippen LogP contribution in [0.5, 0.6) is 0 Å². The van der Waals surface area contributed by atoms with Gasteiger partial charge in [0.25, 0.3) is 0 Å². The van der Waals surface area contributed by atoms with Gasteiger partial charge in [-0.05, 0) is 25.5 Å². The van der Waals surface area contributed by atoms with E-state index in [2.05, 4.69) is 27.4 Å². The standard InChI is InChI=1S/C13H19N5S/c1-3-19-11-6-4-5-10(11)15-12-13-17-16-9(2)18(13)8-7-14-12/h7-8,10-11H,3-6H2,1-2H3,(H,14,15). The molecular formula is C13H19N5S. The van der Waals surface area contributed by atoms with Crippen molar-refractivity contribution in [2.24, 2.45) is 0 Å². The molecule has 2 aromatic heterocycles. The first kappa shape index (κ1) is 12.7. The maximum absolute atomic E-state index is 4.43. The fourth-order valence-corrected chi connectivity index (χ4v) is 3.92. The van der Waals surface area contributed by atoms with Crippen molar-refractivity contribution in [2.75, 3.05) is 11.1 Å². The summed E-state index contributed by atoms with van der Waals surface area (Å²) in [5.41, 5.74) is 0.826. The normalized spacial score (nSPS) is 23.1. The van der Waals surface area contributed by atoms with E-state index in [0.717, 1.165) is 17.3 Å². The van der Waals surface area contributed by atoms with Crippen LogP contribution < -0.4 is 5.32 Å². The minimum absolute atomic E-state index is 0.501. The van der Waals surface area contributed by atoms with E-state index < -0.39 is 0 Å². The van der Waals surface area contributed by atoms with Crippen molar-refractivity contribution in [2.45, 2.75) is 44.4 Å². The zero-order chi connectivity index (χ0) is 13.2. The van der Waals surface area contributed by atoms with E-state index in [1.807, 2.05) is 35.5 Å². The smallest absolute Gasteiger partial charge is 0.203 e. The molecule has 5 nitrogen and oxygen atoms in total. The Morgan fingerprint density at radius 2 is 2.32 bits per heavy atom. The molecule has 0 aliphatic heterocycles. The minimum Gasteiger partial charge on any atom is -0.363 e. The summed E-state index contributed by atoms with van der Waals surface area (Å²) >= 11 is 2.04. The first-order valence-corrected chi connectivity index (χ1v) is 7.89. The van der Waals surface area contributed by atoms with Crippen LogP contribution in [0.25, 0.3) is 5.65 Å². The van der Waals surface area contributed by atoms with Crippen LogP contribution in [-0.4, -0.2) is 36.6 Å². The molecule has 2 aromatic rings. The van der Waals surface area contributed by atoms with Crippen molar-refractivity contribution in [3.05, 3.63) is 18.2 Å².